The first-order valence-corrected chi connectivity index (χ1v) is 10.5. The lowest BCUT2D eigenvalue weighted by Gasteiger charge is -2.35. The summed E-state index contributed by atoms with van der Waals surface area (Å²) in [4.78, 5) is 34.7. The average molecular weight is 486 g/mol. The fourth-order valence-corrected chi connectivity index (χ4v) is 3.54. The summed E-state index contributed by atoms with van der Waals surface area (Å²) < 4.78 is 47.6. The number of rotatable bonds is 6. The van der Waals surface area contributed by atoms with Crippen LogP contribution in [-0.4, -0.2) is 51.7 Å². The molecule has 3 aromatic rings. The Morgan fingerprint density at radius 2 is 1.91 bits per heavy atom. The van der Waals surface area contributed by atoms with Crippen molar-refractivity contribution in [1.29, 1.82) is 0 Å². The summed E-state index contributed by atoms with van der Waals surface area (Å²) in [6.45, 7) is 2.19. The molecular weight excluding hydrogens is 465 g/mol. The molecule has 182 valence electrons. The first-order valence-electron chi connectivity index (χ1n) is 10.5. The summed E-state index contributed by atoms with van der Waals surface area (Å²) >= 11 is 0. The molecule has 1 aliphatic rings. The van der Waals surface area contributed by atoms with Crippen molar-refractivity contribution in [3.05, 3.63) is 71.7 Å². The maximum atomic E-state index is 13.6. The number of urea groups is 1. The zero-order valence-electron chi connectivity index (χ0n) is 18.8. The molecule has 4 rings (SSSR count). The smallest absolute Gasteiger partial charge is 0.343 e. The monoisotopic (exact) mass is 486 g/mol. The van der Waals surface area contributed by atoms with Gasteiger partial charge in [0.05, 0.1) is 30.5 Å². The predicted octanol–water partition coefficient (Wildman–Crippen LogP) is 3.38. The van der Waals surface area contributed by atoms with Gasteiger partial charge in [0.2, 0.25) is 5.88 Å². The van der Waals surface area contributed by atoms with Gasteiger partial charge in [-0.2, -0.15) is 0 Å². The van der Waals surface area contributed by atoms with Crippen LogP contribution in [0.3, 0.4) is 0 Å². The van der Waals surface area contributed by atoms with Crippen molar-refractivity contribution in [3.63, 3.8) is 0 Å². The van der Waals surface area contributed by atoms with E-state index in [0.29, 0.717) is 23.7 Å². The summed E-state index contributed by atoms with van der Waals surface area (Å²) in [6.07, 6.45) is 6.48. The molecule has 3 heterocycles. The van der Waals surface area contributed by atoms with Crippen LogP contribution in [0.2, 0.25) is 0 Å². The van der Waals surface area contributed by atoms with Crippen molar-refractivity contribution < 1.29 is 27.5 Å². The quantitative estimate of drug-likeness (QED) is 0.426. The zero-order chi connectivity index (χ0) is 25.1. The third-order valence-corrected chi connectivity index (χ3v) is 5.20. The van der Waals surface area contributed by atoms with Crippen LogP contribution in [0.15, 0.2) is 42.9 Å². The van der Waals surface area contributed by atoms with E-state index in [1.54, 1.807) is 23.0 Å². The van der Waals surface area contributed by atoms with Gasteiger partial charge in [-0.3, -0.25) is 15.1 Å². The number of benzene rings is 1. The molecule has 3 amide bonds. The Bertz CT molecular complexity index is 1290. The van der Waals surface area contributed by atoms with Crippen molar-refractivity contribution in [3.8, 4) is 11.6 Å². The van der Waals surface area contributed by atoms with Crippen molar-refractivity contribution in [2.24, 2.45) is 0 Å². The van der Waals surface area contributed by atoms with Gasteiger partial charge in [0.15, 0.2) is 17.5 Å². The van der Waals surface area contributed by atoms with Gasteiger partial charge in [0.1, 0.15) is 5.69 Å². The molecule has 12 heteroatoms. The maximum absolute atomic E-state index is 13.6. The number of methoxy groups -OCH3 is 1. The van der Waals surface area contributed by atoms with Crippen LogP contribution < -0.4 is 15.1 Å². The molecule has 1 saturated heterocycles. The summed E-state index contributed by atoms with van der Waals surface area (Å²) in [6, 6.07) is 4.20. The molecular formula is C23H21F3N6O3. The Hall–Kier alpha value is -4.35. The number of hydrazine groups is 1. The van der Waals surface area contributed by atoms with E-state index in [0.717, 1.165) is 27.7 Å². The maximum Gasteiger partial charge on any atom is 0.343 e. The van der Waals surface area contributed by atoms with Crippen LogP contribution in [0.25, 0.3) is 11.8 Å². The molecule has 0 saturated carbocycles. The Kier molecular flexibility index (Phi) is 6.71. The highest BCUT2D eigenvalue weighted by molar-refractivity contribution is 5.97. The Labute approximate surface area is 198 Å². The molecule has 0 spiro atoms. The fourth-order valence-electron chi connectivity index (χ4n) is 3.54. The highest BCUT2D eigenvalue weighted by atomic mass is 19.2. The fraction of sp³-hybridized carbons (Fsp3) is 0.217. The van der Waals surface area contributed by atoms with Crippen LogP contribution in [-0.2, 0) is 4.79 Å². The summed E-state index contributed by atoms with van der Waals surface area (Å²) in [5.74, 6) is -4.73. The average Bonchev–Trinajstić information content (AvgIpc) is 3.28. The van der Waals surface area contributed by atoms with Crippen LogP contribution in [0.4, 0.5) is 23.7 Å². The van der Waals surface area contributed by atoms with Gasteiger partial charge in [-0.15, -0.1) is 0 Å². The molecule has 2 aromatic heterocycles. The van der Waals surface area contributed by atoms with E-state index in [1.165, 1.54) is 19.3 Å². The van der Waals surface area contributed by atoms with E-state index in [-0.39, 0.29) is 18.8 Å². The molecule has 35 heavy (non-hydrogen) atoms. The van der Waals surface area contributed by atoms with Crippen molar-refractivity contribution in [2.75, 3.05) is 25.1 Å². The standard InChI is InChI=1S/C23H21F3N6O3/c1-14-12-30(13-27-14)19-6-4-15(28-22(19)35-2)5-7-20(33)29-32-9-3-8-31(23(32)34)16-10-17(24)21(26)18(25)11-16/h4-7,10-13H,3,8-9H2,1-2H3,(H,29,33)/b7-5+. The molecule has 0 atom stereocenters. The first-order chi connectivity index (χ1) is 16.8. The second-order valence-corrected chi connectivity index (χ2v) is 7.66. The van der Waals surface area contributed by atoms with Gasteiger partial charge >= 0.3 is 6.03 Å². The number of pyridine rings is 1. The summed E-state index contributed by atoms with van der Waals surface area (Å²) in [5, 5.41) is 1.02. The van der Waals surface area contributed by atoms with E-state index in [4.69, 9.17) is 4.74 Å². The highest BCUT2D eigenvalue weighted by Crippen LogP contribution is 2.24. The van der Waals surface area contributed by atoms with E-state index >= 15 is 0 Å². The number of nitrogens with zero attached hydrogens (tertiary/aromatic N) is 5. The minimum absolute atomic E-state index is 0.148. The number of nitrogens with one attached hydrogen (secondary N) is 1. The number of carbonyl (C=O) groups is 2. The number of amides is 3. The van der Waals surface area contributed by atoms with E-state index < -0.39 is 29.4 Å². The Morgan fingerprint density at radius 3 is 2.57 bits per heavy atom. The second-order valence-electron chi connectivity index (χ2n) is 7.66. The van der Waals surface area contributed by atoms with Crippen LogP contribution >= 0.6 is 0 Å². The van der Waals surface area contributed by atoms with Gasteiger partial charge in [0, 0.05) is 37.5 Å². The number of anilines is 1. The van der Waals surface area contributed by atoms with Gasteiger partial charge < -0.3 is 9.30 Å². The Balaban J connectivity index is 1.44. The number of imidazole rings is 1. The molecule has 0 unspecified atom stereocenters. The molecule has 9 nitrogen and oxygen atoms in total. The first kappa shape index (κ1) is 23.8. The number of hydrogen-bond acceptors (Lipinski definition) is 5. The summed E-state index contributed by atoms with van der Waals surface area (Å²) in [5.41, 5.74) is 4.21. The number of aromatic nitrogens is 3. The van der Waals surface area contributed by atoms with Gasteiger partial charge in [-0.05, 0) is 31.6 Å². The van der Waals surface area contributed by atoms with E-state index in [9.17, 15) is 22.8 Å². The lowest BCUT2D eigenvalue weighted by atomic mass is 10.2. The molecule has 1 aliphatic heterocycles. The van der Waals surface area contributed by atoms with Crippen molar-refractivity contribution in [1.82, 2.24) is 25.0 Å². The molecule has 1 N–H and O–H groups in total. The number of carbonyl (C=O) groups excluding carboxylic acids is 2. The van der Waals surface area contributed by atoms with Crippen LogP contribution in [0, 0.1) is 24.4 Å². The van der Waals surface area contributed by atoms with Gasteiger partial charge in [-0.1, -0.05) is 0 Å². The number of halogens is 3. The minimum Gasteiger partial charge on any atom is -0.479 e. The molecule has 1 aromatic carbocycles. The highest BCUT2D eigenvalue weighted by Gasteiger charge is 2.29. The van der Waals surface area contributed by atoms with Crippen LogP contribution in [0.5, 0.6) is 5.88 Å². The van der Waals surface area contributed by atoms with Gasteiger partial charge in [0.25, 0.3) is 5.91 Å². The van der Waals surface area contributed by atoms with E-state index in [1.807, 2.05) is 13.1 Å². The molecule has 0 bridgehead atoms. The van der Waals surface area contributed by atoms with Crippen molar-refractivity contribution >= 4 is 23.7 Å². The molecule has 1 fully saturated rings. The van der Waals surface area contributed by atoms with E-state index in [2.05, 4.69) is 15.4 Å². The minimum atomic E-state index is -1.62. The third-order valence-electron chi connectivity index (χ3n) is 5.20. The number of ether oxygens (including phenoxy) is 1. The van der Waals surface area contributed by atoms with Crippen LogP contribution in [0.1, 0.15) is 17.8 Å². The normalized spacial score (nSPS) is 14.0. The number of aryl methyl sites for hydroxylation is 1. The van der Waals surface area contributed by atoms with Crippen molar-refractivity contribution in [2.45, 2.75) is 13.3 Å². The SMILES string of the molecule is COc1nc(/C=C/C(=O)NN2CCCN(c3cc(F)c(F)c(F)c3)C2=O)ccc1-n1cnc(C)c1. The topological polar surface area (TPSA) is 92.6 Å². The lowest BCUT2D eigenvalue weighted by molar-refractivity contribution is -0.120. The molecule has 0 aliphatic carbocycles. The zero-order valence-corrected chi connectivity index (χ0v) is 18.8. The predicted molar refractivity (Wildman–Crippen MR) is 120 cm³/mol. The third kappa shape index (κ3) is 5.10. The number of hydrogen-bond donors (Lipinski definition) is 1. The Morgan fingerprint density at radius 1 is 1.17 bits per heavy atom. The lowest BCUT2D eigenvalue weighted by Crippen LogP contribution is -2.56. The second kappa shape index (κ2) is 9.87. The largest absolute Gasteiger partial charge is 0.479 e. The van der Waals surface area contributed by atoms with Gasteiger partial charge in [-0.25, -0.2) is 32.9 Å². The summed E-state index contributed by atoms with van der Waals surface area (Å²) in [7, 11) is 1.47. The molecule has 0 radical (unpaired) electrons.